The van der Waals surface area contributed by atoms with Crippen molar-refractivity contribution in [1.82, 2.24) is 10.2 Å². The van der Waals surface area contributed by atoms with Crippen molar-refractivity contribution in [2.24, 2.45) is 0 Å². The number of amides is 1. The highest BCUT2D eigenvalue weighted by Gasteiger charge is 2.31. The molecule has 13 heteroatoms. The molecule has 0 fully saturated rings. The predicted molar refractivity (Wildman–Crippen MR) is 124 cm³/mol. The summed E-state index contributed by atoms with van der Waals surface area (Å²) in [6.07, 6.45) is 2.42. The van der Waals surface area contributed by atoms with Crippen LogP contribution >= 0.6 is 11.3 Å². The molecule has 35 heavy (non-hydrogen) atoms. The van der Waals surface area contributed by atoms with Gasteiger partial charge < -0.3 is 23.9 Å². The molecule has 3 aromatic rings. The molecule has 2 aromatic heterocycles. The van der Waals surface area contributed by atoms with E-state index >= 15 is 0 Å². The van der Waals surface area contributed by atoms with Gasteiger partial charge in [-0.15, -0.1) is 16.4 Å². The number of ether oxygens (including phenoxy) is 3. The minimum Gasteiger partial charge on any atom is -0.486 e. The standard InChI is InChI=1S/C22H21N3O8S2/c1-2-30-21(27)18-13-4-3-5-16(13)34-20(18)23-17(26)11-35(28,29)22-25-24-19(33-22)12-6-7-14-15(10-12)32-9-8-31-14/h6-7,10H,2-5,8-9,11H2,1H3,(H,23,26). The number of hydrogen-bond donors (Lipinski definition) is 1. The molecule has 0 atom stereocenters. The fourth-order valence-corrected chi connectivity index (χ4v) is 6.14. The van der Waals surface area contributed by atoms with Crippen LogP contribution < -0.4 is 14.8 Å². The molecular formula is C22H21N3O8S2. The molecule has 1 aromatic carbocycles. The van der Waals surface area contributed by atoms with E-state index in [1.54, 1.807) is 25.1 Å². The van der Waals surface area contributed by atoms with Gasteiger partial charge in [-0.3, -0.25) is 4.79 Å². The zero-order valence-corrected chi connectivity index (χ0v) is 20.3. The number of nitrogens with one attached hydrogen (secondary N) is 1. The molecule has 184 valence electrons. The van der Waals surface area contributed by atoms with Gasteiger partial charge in [-0.1, -0.05) is 5.10 Å². The molecule has 0 saturated carbocycles. The van der Waals surface area contributed by atoms with E-state index in [-0.39, 0.29) is 17.5 Å². The number of hydrogen-bond acceptors (Lipinski definition) is 11. The van der Waals surface area contributed by atoms with E-state index in [4.69, 9.17) is 18.6 Å². The van der Waals surface area contributed by atoms with Crippen LogP contribution in [0.4, 0.5) is 5.00 Å². The minimum atomic E-state index is -4.24. The highest BCUT2D eigenvalue weighted by Crippen LogP contribution is 2.39. The van der Waals surface area contributed by atoms with Crippen LogP contribution in [0.1, 0.15) is 34.1 Å². The summed E-state index contributed by atoms with van der Waals surface area (Å²) in [4.78, 5) is 26.1. The van der Waals surface area contributed by atoms with E-state index in [0.29, 0.717) is 42.3 Å². The van der Waals surface area contributed by atoms with Crippen molar-refractivity contribution in [2.45, 2.75) is 31.4 Å². The summed E-state index contributed by atoms with van der Waals surface area (Å²) >= 11 is 1.26. The molecule has 0 unspecified atom stereocenters. The summed E-state index contributed by atoms with van der Waals surface area (Å²) in [5.41, 5.74) is 1.60. The number of carbonyl (C=O) groups excluding carboxylic acids is 2. The number of nitrogens with zero attached hydrogens (tertiary/aromatic N) is 2. The van der Waals surface area contributed by atoms with Gasteiger partial charge in [0.05, 0.1) is 12.2 Å². The van der Waals surface area contributed by atoms with Crippen LogP contribution in [0.2, 0.25) is 0 Å². The fraction of sp³-hybridized carbons (Fsp3) is 0.364. The van der Waals surface area contributed by atoms with Gasteiger partial charge in [0.25, 0.3) is 0 Å². The van der Waals surface area contributed by atoms with Crippen molar-refractivity contribution in [1.29, 1.82) is 0 Å². The summed E-state index contributed by atoms with van der Waals surface area (Å²) in [5, 5.41) is 9.58. The van der Waals surface area contributed by atoms with E-state index < -0.39 is 32.7 Å². The highest BCUT2D eigenvalue weighted by molar-refractivity contribution is 7.91. The molecule has 0 radical (unpaired) electrons. The third kappa shape index (κ3) is 4.60. The number of carbonyl (C=O) groups is 2. The topological polar surface area (TPSA) is 147 Å². The number of fused-ring (bicyclic) bond motifs is 2. The van der Waals surface area contributed by atoms with E-state index in [1.165, 1.54) is 11.3 Å². The van der Waals surface area contributed by atoms with Crippen LogP contribution in [0.25, 0.3) is 11.5 Å². The van der Waals surface area contributed by atoms with Gasteiger partial charge in [-0.05, 0) is 49.9 Å². The Balaban J connectivity index is 1.32. The lowest BCUT2D eigenvalue weighted by atomic mass is 10.1. The van der Waals surface area contributed by atoms with E-state index in [2.05, 4.69) is 15.5 Å². The van der Waals surface area contributed by atoms with Crippen LogP contribution in [0.3, 0.4) is 0 Å². The van der Waals surface area contributed by atoms with Gasteiger partial charge in [0.2, 0.25) is 21.6 Å². The third-order valence-corrected chi connectivity index (χ3v) is 7.98. The number of aromatic nitrogens is 2. The van der Waals surface area contributed by atoms with Crippen molar-refractivity contribution in [3.05, 3.63) is 34.2 Å². The quantitative estimate of drug-likeness (QED) is 0.462. The first kappa shape index (κ1) is 23.3. The molecular weight excluding hydrogens is 498 g/mol. The molecule has 1 aliphatic heterocycles. The maximum absolute atomic E-state index is 12.8. The minimum absolute atomic E-state index is 0.0414. The second-order valence-corrected chi connectivity index (χ2v) is 10.8. The highest BCUT2D eigenvalue weighted by atomic mass is 32.2. The summed E-state index contributed by atoms with van der Waals surface area (Å²) < 4.78 is 47.0. The lowest BCUT2D eigenvalue weighted by Crippen LogP contribution is -2.24. The molecule has 1 aliphatic carbocycles. The number of anilines is 1. The molecule has 1 N–H and O–H groups in total. The van der Waals surface area contributed by atoms with Gasteiger partial charge in [0.1, 0.15) is 24.0 Å². The van der Waals surface area contributed by atoms with Crippen molar-refractivity contribution in [3.63, 3.8) is 0 Å². The van der Waals surface area contributed by atoms with Gasteiger partial charge in [-0.2, -0.15) is 0 Å². The Labute approximate surface area is 204 Å². The smallest absolute Gasteiger partial charge is 0.341 e. The monoisotopic (exact) mass is 519 g/mol. The largest absolute Gasteiger partial charge is 0.486 e. The number of aryl methyl sites for hydroxylation is 1. The summed E-state index contributed by atoms with van der Waals surface area (Å²) in [5.74, 6) is -1.29. The Morgan fingerprint density at radius 3 is 2.74 bits per heavy atom. The number of esters is 1. The average Bonchev–Trinajstić information content (AvgIpc) is 3.55. The molecule has 5 rings (SSSR count). The number of benzene rings is 1. The molecule has 11 nitrogen and oxygen atoms in total. The fourth-order valence-electron chi connectivity index (χ4n) is 3.94. The van der Waals surface area contributed by atoms with Gasteiger partial charge in [0.15, 0.2) is 11.5 Å². The average molecular weight is 520 g/mol. The molecule has 1 amide bonds. The molecule has 0 saturated heterocycles. The first-order chi connectivity index (χ1) is 16.9. The Kier molecular flexibility index (Phi) is 6.19. The first-order valence-corrected chi connectivity index (χ1v) is 13.4. The number of rotatable bonds is 7. The van der Waals surface area contributed by atoms with Crippen LogP contribution in [-0.4, -0.2) is 56.1 Å². The van der Waals surface area contributed by atoms with Gasteiger partial charge in [-0.25, -0.2) is 13.2 Å². The summed E-state index contributed by atoms with van der Waals surface area (Å²) in [6.45, 7) is 2.71. The van der Waals surface area contributed by atoms with Gasteiger partial charge in [0, 0.05) is 10.4 Å². The van der Waals surface area contributed by atoms with Crippen molar-refractivity contribution in [2.75, 3.05) is 30.9 Å². The molecule has 0 bridgehead atoms. The van der Waals surface area contributed by atoms with Crippen molar-refractivity contribution >= 4 is 38.1 Å². The van der Waals surface area contributed by atoms with E-state index in [0.717, 1.165) is 23.3 Å². The zero-order chi connectivity index (χ0) is 24.6. The second kappa shape index (κ2) is 9.30. The normalized spacial score (nSPS) is 14.4. The SMILES string of the molecule is CCOC(=O)c1c(NC(=O)CS(=O)(=O)c2nnc(-c3ccc4c(c3)OCCO4)o2)sc2c1CCC2. The van der Waals surface area contributed by atoms with Crippen molar-refractivity contribution in [3.8, 4) is 23.0 Å². The maximum Gasteiger partial charge on any atom is 0.341 e. The molecule has 0 spiro atoms. The Bertz CT molecular complexity index is 1410. The lowest BCUT2D eigenvalue weighted by Gasteiger charge is -2.18. The van der Waals surface area contributed by atoms with Gasteiger partial charge >= 0.3 is 11.2 Å². The van der Waals surface area contributed by atoms with E-state index in [9.17, 15) is 18.0 Å². The van der Waals surface area contributed by atoms with Crippen molar-refractivity contribution < 1.29 is 36.6 Å². The van der Waals surface area contributed by atoms with Crippen LogP contribution in [0, 0.1) is 0 Å². The molecule has 3 heterocycles. The summed E-state index contributed by atoms with van der Waals surface area (Å²) in [6, 6.07) is 4.91. The van der Waals surface area contributed by atoms with Crippen LogP contribution in [-0.2, 0) is 32.2 Å². The third-order valence-electron chi connectivity index (χ3n) is 5.44. The first-order valence-electron chi connectivity index (χ1n) is 10.9. The Morgan fingerprint density at radius 2 is 1.94 bits per heavy atom. The van der Waals surface area contributed by atoms with Crippen LogP contribution in [0.5, 0.6) is 11.5 Å². The summed E-state index contributed by atoms with van der Waals surface area (Å²) in [7, 11) is -4.24. The van der Waals surface area contributed by atoms with E-state index in [1.807, 2.05) is 0 Å². The molecule has 2 aliphatic rings. The zero-order valence-electron chi connectivity index (χ0n) is 18.7. The lowest BCUT2D eigenvalue weighted by molar-refractivity contribution is -0.113. The Hall–Kier alpha value is -3.45. The Morgan fingerprint density at radius 1 is 1.14 bits per heavy atom. The van der Waals surface area contributed by atoms with Crippen LogP contribution in [0.15, 0.2) is 27.8 Å². The maximum atomic E-state index is 12.8. The predicted octanol–water partition coefficient (Wildman–Crippen LogP) is 2.65. The number of thiophene rings is 1. The number of sulfone groups is 1. The second-order valence-electron chi connectivity index (χ2n) is 7.82.